The fourth-order valence-corrected chi connectivity index (χ4v) is 5.11. The number of aliphatic hydroxyl groups excluding tert-OH is 1. The monoisotopic (exact) mass is 428 g/mol. The van der Waals surface area contributed by atoms with Crippen LogP contribution in [0, 0.1) is 0 Å². The first-order valence-corrected chi connectivity index (χ1v) is 10.3. The number of methoxy groups -OCH3 is 1. The summed E-state index contributed by atoms with van der Waals surface area (Å²) >= 11 is 12.4. The van der Waals surface area contributed by atoms with Crippen LogP contribution in [0.2, 0.25) is 10.0 Å². The number of esters is 1. The molecule has 0 aliphatic heterocycles. The molecule has 2 aliphatic carbocycles. The topological polar surface area (TPSA) is 78.9 Å². The maximum absolute atomic E-state index is 12.8. The summed E-state index contributed by atoms with van der Waals surface area (Å²) in [4.78, 5) is 26.9. The van der Waals surface area contributed by atoms with Crippen LogP contribution in [-0.4, -0.2) is 54.2 Å². The summed E-state index contributed by atoms with van der Waals surface area (Å²) < 4.78 is 4.95. The van der Waals surface area contributed by atoms with Gasteiger partial charge in [0.15, 0.2) is 0 Å². The van der Waals surface area contributed by atoms with Crippen molar-refractivity contribution in [3.8, 4) is 0 Å². The highest BCUT2D eigenvalue weighted by molar-refractivity contribution is 6.35. The molecule has 0 saturated heterocycles. The Morgan fingerprint density at radius 2 is 1.96 bits per heavy atom. The highest BCUT2D eigenvalue weighted by Gasteiger charge is 2.43. The van der Waals surface area contributed by atoms with Gasteiger partial charge in [-0.05, 0) is 43.1 Å². The highest BCUT2D eigenvalue weighted by Crippen LogP contribution is 2.40. The van der Waals surface area contributed by atoms with Crippen molar-refractivity contribution in [2.24, 2.45) is 0 Å². The predicted octanol–water partition coefficient (Wildman–Crippen LogP) is 2.88. The minimum atomic E-state index is -0.955. The maximum atomic E-state index is 12.8. The molecule has 28 heavy (non-hydrogen) atoms. The zero-order valence-corrected chi connectivity index (χ0v) is 17.6. The molecule has 0 heterocycles. The average Bonchev–Trinajstić information content (AvgIpc) is 2.97. The summed E-state index contributed by atoms with van der Waals surface area (Å²) in [5.41, 5.74) is 0.735. The fourth-order valence-electron chi connectivity index (χ4n) is 4.52. The molecule has 154 valence electrons. The normalized spacial score (nSPS) is 23.4. The molecule has 0 bridgehead atoms. The van der Waals surface area contributed by atoms with Crippen LogP contribution in [0.5, 0.6) is 0 Å². The molecule has 2 N–H and O–H groups in total. The van der Waals surface area contributed by atoms with Crippen molar-refractivity contribution in [1.82, 2.24) is 10.2 Å². The number of hydrogen-bond acceptors (Lipinski definition) is 5. The van der Waals surface area contributed by atoms with E-state index in [4.69, 9.17) is 27.9 Å². The van der Waals surface area contributed by atoms with E-state index < -0.39 is 23.7 Å². The molecule has 2 aliphatic rings. The van der Waals surface area contributed by atoms with Crippen LogP contribution in [-0.2, 0) is 20.7 Å². The first-order chi connectivity index (χ1) is 13.3. The molecule has 1 fully saturated rings. The van der Waals surface area contributed by atoms with Crippen molar-refractivity contribution in [3.05, 3.63) is 33.3 Å². The second-order valence-electron chi connectivity index (χ2n) is 7.77. The maximum Gasteiger partial charge on any atom is 0.331 e. The third kappa shape index (κ3) is 4.15. The van der Waals surface area contributed by atoms with Crippen LogP contribution in [0.4, 0.5) is 0 Å². The summed E-state index contributed by atoms with van der Waals surface area (Å²) in [6.07, 6.45) is 3.67. The van der Waals surface area contributed by atoms with Crippen LogP contribution in [0.25, 0.3) is 0 Å². The van der Waals surface area contributed by atoms with Gasteiger partial charge in [-0.1, -0.05) is 42.5 Å². The Morgan fingerprint density at radius 3 is 2.61 bits per heavy atom. The third-order valence-corrected chi connectivity index (χ3v) is 6.38. The van der Waals surface area contributed by atoms with E-state index in [2.05, 4.69) is 5.32 Å². The quantitative estimate of drug-likeness (QED) is 0.704. The number of nitrogens with one attached hydrogen (secondary N) is 1. The SMILES string of the molecule is COC(=O)C1(NC(=O)CN(C)C2c3cc(Cl)cc(Cl)c3CC2O)CCCCC1. The van der Waals surface area contributed by atoms with Gasteiger partial charge in [0.25, 0.3) is 0 Å². The number of nitrogens with zero attached hydrogens (tertiary/aromatic N) is 1. The molecule has 0 aromatic heterocycles. The lowest BCUT2D eigenvalue weighted by molar-refractivity contribution is -0.152. The molecule has 0 spiro atoms. The Bertz CT molecular complexity index is 765. The molecule has 2 atom stereocenters. The van der Waals surface area contributed by atoms with Crippen LogP contribution in [0.1, 0.15) is 49.3 Å². The first kappa shape index (κ1) is 21.4. The lowest BCUT2D eigenvalue weighted by Crippen LogP contribution is -2.58. The molecule has 1 saturated carbocycles. The Hall–Kier alpha value is -1.34. The Morgan fingerprint density at radius 1 is 1.29 bits per heavy atom. The number of aliphatic hydroxyl groups is 1. The fraction of sp³-hybridized carbons (Fsp3) is 0.600. The highest BCUT2D eigenvalue weighted by atomic mass is 35.5. The summed E-state index contributed by atoms with van der Waals surface area (Å²) in [5, 5.41) is 14.5. The lowest BCUT2D eigenvalue weighted by Gasteiger charge is -2.36. The van der Waals surface area contributed by atoms with E-state index in [1.807, 2.05) is 0 Å². The van der Waals surface area contributed by atoms with Crippen molar-refractivity contribution in [1.29, 1.82) is 0 Å². The van der Waals surface area contributed by atoms with E-state index in [0.29, 0.717) is 29.3 Å². The number of halogens is 2. The minimum Gasteiger partial charge on any atom is -0.467 e. The number of ether oxygens (including phenoxy) is 1. The van der Waals surface area contributed by atoms with Crippen LogP contribution in [0.15, 0.2) is 12.1 Å². The van der Waals surface area contributed by atoms with E-state index in [0.717, 1.165) is 30.4 Å². The average molecular weight is 429 g/mol. The van der Waals surface area contributed by atoms with Gasteiger partial charge in [-0.15, -0.1) is 0 Å². The molecule has 1 amide bonds. The molecule has 1 aromatic carbocycles. The third-order valence-electron chi connectivity index (χ3n) is 5.82. The van der Waals surface area contributed by atoms with Gasteiger partial charge in [-0.3, -0.25) is 9.69 Å². The second kappa shape index (κ2) is 8.57. The van der Waals surface area contributed by atoms with Gasteiger partial charge in [0.1, 0.15) is 5.54 Å². The van der Waals surface area contributed by atoms with Gasteiger partial charge in [0.2, 0.25) is 5.91 Å². The van der Waals surface area contributed by atoms with E-state index in [9.17, 15) is 14.7 Å². The van der Waals surface area contributed by atoms with Crippen molar-refractivity contribution in [2.75, 3.05) is 20.7 Å². The number of benzene rings is 1. The molecular weight excluding hydrogens is 403 g/mol. The van der Waals surface area contributed by atoms with Crippen LogP contribution < -0.4 is 5.32 Å². The second-order valence-corrected chi connectivity index (χ2v) is 8.61. The van der Waals surface area contributed by atoms with Gasteiger partial charge in [-0.2, -0.15) is 0 Å². The molecule has 1 aromatic rings. The first-order valence-electron chi connectivity index (χ1n) is 9.53. The van der Waals surface area contributed by atoms with Crippen LogP contribution in [0.3, 0.4) is 0 Å². The molecular formula is C20H26Cl2N2O4. The van der Waals surface area contributed by atoms with Crippen molar-refractivity contribution in [2.45, 2.75) is 56.2 Å². The Labute approximate surface area is 175 Å². The summed E-state index contributed by atoms with van der Waals surface area (Å²) in [6, 6.07) is 3.06. The standard InChI is InChI=1S/C20H26Cl2N2O4/c1-24(18-14-8-12(21)9-15(22)13(14)10-16(18)25)11-17(26)23-20(19(27)28-2)6-4-3-5-7-20/h8-9,16,18,25H,3-7,10-11H2,1-2H3,(H,23,26). The van der Waals surface area contributed by atoms with Gasteiger partial charge < -0.3 is 15.2 Å². The largest absolute Gasteiger partial charge is 0.467 e. The lowest BCUT2D eigenvalue weighted by atomic mass is 9.81. The van der Waals surface area contributed by atoms with Gasteiger partial charge >= 0.3 is 5.97 Å². The summed E-state index contributed by atoms with van der Waals surface area (Å²) in [6.45, 7) is 0.0318. The Kier molecular flexibility index (Phi) is 6.54. The number of fused-ring (bicyclic) bond motifs is 1. The van der Waals surface area contributed by atoms with Crippen molar-refractivity contribution >= 4 is 35.1 Å². The minimum absolute atomic E-state index is 0.0318. The number of likely N-dealkylation sites (N-methyl/N-ethyl adjacent to an activating group) is 1. The van der Waals surface area contributed by atoms with Crippen molar-refractivity contribution in [3.63, 3.8) is 0 Å². The summed E-state index contributed by atoms with van der Waals surface area (Å²) in [5.74, 6) is -0.670. The smallest absolute Gasteiger partial charge is 0.331 e. The zero-order chi connectivity index (χ0) is 20.5. The zero-order valence-electron chi connectivity index (χ0n) is 16.1. The molecule has 2 unspecified atom stereocenters. The number of hydrogen-bond donors (Lipinski definition) is 2. The van der Waals surface area contributed by atoms with Gasteiger partial charge in [0.05, 0.1) is 25.8 Å². The molecule has 8 heteroatoms. The Balaban J connectivity index is 1.73. The number of carbonyl (C=O) groups is 2. The molecule has 6 nitrogen and oxygen atoms in total. The van der Waals surface area contributed by atoms with E-state index in [1.165, 1.54) is 7.11 Å². The molecule has 3 rings (SSSR count). The van der Waals surface area contributed by atoms with E-state index in [-0.39, 0.29) is 12.5 Å². The number of amides is 1. The van der Waals surface area contributed by atoms with E-state index >= 15 is 0 Å². The molecule has 0 radical (unpaired) electrons. The number of carbonyl (C=O) groups excluding carboxylic acids is 2. The predicted molar refractivity (Wildman–Crippen MR) is 108 cm³/mol. The van der Waals surface area contributed by atoms with Gasteiger partial charge in [-0.25, -0.2) is 4.79 Å². The van der Waals surface area contributed by atoms with Gasteiger partial charge in [0, 0.05) is 16.5 Å². The van der Waals surface area contributed by atoms with Crippen LogP contribution >= 0.6 is 23.2 Å². The van der Waals surface area contributed by atoms with Crippen molar-refractivity contribution < 1.29 is 19.4 Å². The number of rotatable bonds is 5. The summed E-state index contributed by atoms with van der Waals surface area (Å²) in [7, 11) is 3.11. The van der Waals surface area contributed by atoms with E-state index in [1.54, 1.807) is 24.1 Å².